The lowest BCUT2D eigenvalue weighted by atomic mass is 9.87. The number of nitrogens with one attached hydrogen (secondary N) is 1. The highest BCUT2D eigenvalue weighted by Crippen LogP contribution is 2.30. The van der Waals surface area contributed by atoms with Gasteiger partial charge in [-0.3, -0.25) is 9.69 Å². The quantitative estimate of drug-likeness (QED) is 0.576. The molecule has 1 aromatic heterocycles. The SMILES string of the molecule is Cc1cccc(-c2nc(CN3CCC[C@@H](C(=O)N[C@H]4CCCc5ccccc54)C3)c(C)o2)c1. The molecule has 0 bridgehead atoms. The molecule has 1 amide bonds. The molecule has 1 aliphatic heterocycles. The van der Waals surface area contributed by atoms with Crippen molar-refractivity contribution in [3.05, 3.63) is 76.7 Å². The summed E-state index contributed by atoms with van der Waals surface area (Å²) in [7, 11) is 0. The van der Waals surface area contributed by atoms with E-state index in [0.717, 1.165) is 68.8 Å². The van der Waals surface area contributed by atoms with Crippen LogP contribution in [0.3, 0.4) is 0 Å². The zero-order valence-corrected chi connectivity index (χ0v) is 19.6. The molecule has 1 saturated heterocycles. The van der Waals surface area contributed by atoms with E-state index in [1.165, 1.54) is 16.7 Å². The Morgan fingerprint density at radius 2 is 2.00 bits per heavy atom. The van der Waals surface area contributed by atoms with Gasteiger partial charge in [-0.1, -0.05) is 42.0 Å². The molecule has 1 N–H and O–H groups in total. The highest BCUT2D eigenvalue weighted by Gasteiger charge is 2.29. The lowest BCUT2D eigenvalue weighted by Crippen LogP contribution is -2.44. The normalized spacial score (nSPS) is 20.9. The number of carbonyl (C=O) groups is 1. The molecule has 5 heteroatoms. The molecule has 172 valence electrons. The van der Waals surface area contributed by atoms with Gasteiger partial charge >= 0.3 is 0 Å². The molecule has 5 rings (SSSR count). The Kier molecular flexibility index (Phi) is 6.32. The van der Waals surface area contributed by atoms with Crippen LogP contribution < -0.4 is 5.32 Å². The van der Waals surface area contributed by atoms with Gasteiger partial charge in [-0.25, -0.2) is 4.98 Å². The summed E-state index contributed by atoms with van der Waals surface area (Å²) in [4.78, 5) is 20.3. The van der Waals surface area contributed by atoms with Gasteiger partial charge in [0.05, 0.1) is 17.7 Å². The van der Waals surface area contributed by atoms with Crippen LogP contribution in [0.4, 0.5) is 0 Å². The van der Waals surface area contributed by atoms with Crippen LogP contribution in [0.2, 0.25) is 0 Å². The standard InChI is InChI=1S/C28H33N3O2/c1-19-8-5-11-22(16-19)28-30-26(20(2)33-28)18-31-15-7-12-23(17-31)27(32)29-25-14-6-10-21-9-3-4-13-24(21)25/h3-5,8-9,11,13,16,23,25H,6-7,10,12,14-15,17-18H2,1-2H3,(H,29,32)/t23-,25+/m1/s1. The number of aromatic nitrogens is 1. The van der Waals surface area contributed by atoms with Crippen molar-refractivity contribution in [2.75, 3.05) is 13.1 Å². The lowest BCUT2D eigenvalue weighted by molar-refractivity contribution is -0.127. The van der Waals surface area contributed by atoms with Gasteiger partial charge < -0.3 is 9.73 Å². The van der Waals surface area contributed by atoms with E-state index < -0.39 is 0 Å². The maximum Gasteiger partial charge on any atom is 0.226 e. The number of piperidine rings is 1. The number of oxazole rings is 1. The third-order valence-electron chi connectivity index (χ3n) is 7.09. The Morgan fingerprint density at radius 3 is 2.88 bits per heavy atom. The Balaban J connectivity index is 1.23. The second-order valence-corrected chi connectivity index (χ2v) is 9.62. The van der Waals surface area contributed by atoms with Crippen molar-refractivity contribution < 1.29 is 9.21 Å². The highest BCUT2D eigenvalue weighted by atomic mass is 16.4. The molecule has 5 nitrogen and oxygen atoms in total. The second kappa shape index (κ2) is 9.52. The molecular formula is C28H33N3O2. The highest BCUT2D eigenvalue weighted by molar-refractivity contribution is 5.79. The molecule has 0 spiro atoms. The van der Waals surface area contributed by atoms with E-state index >= 15 is 0 Å². The summed E-state index contributed by atoms with van der Waals surface area (Å²) in [5, 5.41) is 3.37. The van der Waals surface area contributed by atoms with Crippen LogP contribution in [0.15, 0.2) is 52.9 Å². The number of nitrogens with zero attached hydrogens (tertiary/aromatic N) is 2. The summed E-state index contributed by atoms with van der Waals surface area (Å²) >= 11 is 0. The maximum atomic E-state index is 13.2. The molecule has 1 aliphatic carbocycles. The van der Waals surface area contributed by atoms with Gasteiger partial charge in [-0.2, -0.15) is 0 Å². The predicted octanol–water partition coefficient (Wildman–Crippen LogP) is 5.36. The number of hydrogen-bond acceptors (Lipinski definition) is 4. The third-order valence-corrected chi connectivity index (χ3v) is 7.09. The summed E-state index contributed by atoms with van der Waals surface area (Å²) in [6.45, 7) is 6.53. The summed E-state index contributed by atoms with van der Waals surface area (Å²) < 4.78 is 5.99. The van der Waals surface area contributed by atoms with E-state index in [9.17, 15) is 4.79 Å². The fourth-order valence-electron chi connectivity index (χ4n) is 5.29. The molecule has 33 heavy (non-hydrogen) atoms. The van der Waals surface area contributed by atoms with Crippen molar-refractivity contribution >= 4 is 5.91 Å². The molecule has 0 saturated carbocycles. The number of fused-ring (bicyclic) bond motifs is 1. The topological polar surface area (TPSA) is 58.4 Å². The first-order chi connectivity index (χ1) is 16.1. The zero-order valence-electron chi connectivity index (χ0n) is 19.6. The van der Waals surface area contributed by atoms with Gasteiger partial charge in [0.25, 0.3) is 0 Å². The van der Waals surface area contributed by atoms with Crippen molar-refractivity contribution in [2.45, 2.75) is 58.5 Å². The fraction of sp³-hybridized carbons (Fsp3) is 0.429. The second-order valence-electron chi connectivity index (χ2n) is 9.62. The van der Waals surface area contributed by atoms with E-state index in [1.807, 2.05) is 19.1 Å². The number of amides is 1. The summed E-state index contributed by atoms with van der Waals surface area (Å²) in [5.41, 5.74) is 5.84. The monoisotopic (exact) mass is 443 g/mol. The Hall–Kier alpha value is -2.92. The molecule has 2 heterocycles. The Morgan fingerprint density at radius 1 is 1.12 bits per heavy atom. The zero-order chi connectivity index (χ0) is 22.8. The largest absolute Gasteiger partial charge is 0.441 e. The van der Waals surface area contributed by atoms with Crippen molar-refractivity contribution in [3.63, 3.8) is 0 Å². The van der Waals surface area contributed by atoms with Crippen LogP contribution in [0.1, 0.15) is 59.9 Å². The first kappa shape index (κ1) is 21.9. The van der Waals surface area contributed by atoms with Crippen LogP contribution in [0, 0.1) is 19.8 Å². The molecular weight excluding hydrogens is 410 g/mol. The van der Waals surface area contributed by atoms with Gasteiger partial charge in [0.15, 0.2) is 0 Å². The fourth-order valence-corrected chi connectivity index (χ4v) is 5.29. The van der Waals surface area contributed by atoms with Gasteiger partial charge in [-0.05, 0) is 75.8 Å². The van der Waals surface area contributed by atoms with Crippen LogP contribution in [0.5, 0.6) is 0 Å². The van der Waals surface area contributed by atoms with Gasteiger partial charge in [0, 0.05) is 18.7 Å². The third kappa shape index (κ3) is 4.88. The lowest BCUT2D eigenvalue weighted by Gasteiger charge is -2.33. The van der Waals surface area contributed by atoms with Crippen molar-refractivity contribution in [2.24, 2.45) is 5.92 Å². The molecule has 0 unspecified atom stereocenters. The smallest absolute Gasteiger partial charge is 0.226 e. The summed E-state index contributed by atoms with van der Waals surface area (Å²) in [6.07, 6.45) is 5.25. The van der Waals surface area contributed by atoms with E-state index in [2.05, 4.69) is 53.5 Å². The average Bonchev–Trinajstić information content (AvgIpc) is 3.19. The number of likely N-dealkylation sites (tertiary alicyclic amines) is 1. The van der Waals surface area contributed by atoms with Crippen LogP contribution in [0.25, 0.3) is 11.5 Å². The average molecular weight is 444 g/mol. The van der Waals surface area contributed by atoms with Crippen molar-refractivity contribution in [3.8, 4) is 11.5 Å². The van der Waals surface area contributed by atoms with Gasteiger partial charge in [0.2, 0.25) is 11.8 Å². The van der Waals surface area contributed by atoms with E-state index in [-0.39, 0.29) is 17.9 Å². The first-order valence-corrected chi connectivity index (χ1v) is 12.2. The van der Waals surface area contributed by atoms with E-state index in [4.69, 9.17) is 9.40 Å². The molecule has 2 aromatic carbocycles. The van der Waals surface area contributed by atoms with Crippen LogP contribution >= 0.6 is 0 Å². The minimum absolute atomic E-state index is 0.0243. The number of carbonyl (C=O) groups excluding carboxylic acids is 1. The number of benzene rings is 2. The minimum Gasteiger partial charge on any atom is -0.441 e. The maximum absolute atomic E-state index is 13.2. The minimum atomic E-state index is 0.0243. The number of hydrogen-bond donors (Lipinski definition) is 1. The van der Waals surface area contributed by atoms with Gasteiger partial charge in [-0.15, -0.1) is 0 Å². The van der Waals surface area contributed by atoms with Crippen LogP contribution in [-0.2, 0) is 17.8 Å². The molecule has 2 atom stereocenters. The molecule has 3 aromatic rings. The number of aryl methyl sites for hydroxylation is 3. The molecule has 0 radical (unpaired) electrons. The predicted molar refractivity (Wildman–Crippen MR) is 130 cm³/mol. The van der Waals surface area contributed by atoms with Crippen molar-refractivity contribution in [1.29, 1.82) is 0 Å². The van der Waals surface area contributed by atoms with Gasteiger partial charge in [0.1, 0.15) is 5.76 Å². The van der Waals surface area contributed by atoms with E-state index in [1.54, 1.807) is 0 Å². The Bertz CT molecular complexity index is 1140. The number of rotatable bonds is 5. The Labute approximate surface area is 196 Å². The van der Waals surface area contributed by atoms with Crippen LogP contribution in [-0.4, -0.2) is 28.9 Å². The molecule has 1 fully saturated rings. The summed E-state index contributed by atoms with van der Waals surface area (Å²) in [6, 6.07) is 16.9. The molecule has 2 aliphatic rings. The summed E-state index contributed by atoms with van der Waals surface area (Å²) in [5.74, 6) is 1.75. The van der Waals surface area contributed by atoms with E-state index in [0.29, 0.717) is 5.89 Å². The first-order valence-electron chi connectivity index (χ1n) is 12.2. The van der Waals surface area contributed by atoms with Crippen molar-refractivity contribution in [1.82, 2.24) is 15.2 Å².